The number of ether oxygens (including phenoxy) is 1. The second-order valence-corrected chi connectivity index (χ2v) is 9.84. The number of nitrogens with zero attached hydrogens (tertiary/aromatic N) is 1. The Labute approximate surface area is 161 Å². The van der Waals surface area contributed by atoms with Gasteiger partial charge < -0.3 is 19.6 Å². The second-order valence-electron chi connectivity index (χ2n) is 9.84. The molecule has 27 heavy (non-hydrogen) atoms. The first-order chi connectivity index (χ1) is 12.6. The average Bonchev–Trinajstić information content (AvgIpc) is 2.91. The van der Waals surface area contributed by atoms with Crippen molar-refractivity contribution >= 4 is 0 Å². The highest BCUT2D eigenvalue weighted by molar-refractivity contribution is 5.60. The predicted molar refractivity (Wildman–Crippen MR) is 102 cm³/mol. The summed E-state index contributed by atoms with van der Waals surface area (Å²) in [5.74, 6) is 1.21. The number of hydrogen-bond donors (Lipinski definition) is 2. The maximum absolute atomic E-state index is 11.8. The zero-order chi connectivity index (χ0) is 19.6. The van der Waals surface area contributed by atoms with Crippen molar-refractivity contribution in [3.05, 3.63) is 33.8 Å². The molecule has 2 bridgehead atoms. The zero-order valence-electron chi connectivity index (χ0n) is 17.3. The second kappa shape index (κ2) is 4.81. The third-order valence-electron chi connectivity index (χ3n) is 9.51. The molecule has 0 saturated carbocycles. The molecule has 3 aliphatic carbocycles. The molecule has 0 unspecified atom stereocenters. The van der Waals surface area contributed by atoms with E-state index in [1.54, 1.807) is 0 Å². The molecule has 5 heteroatoms. The van der Waals surface area contributed by atoms with Crippen molar-refractivity contribution in [3.8, 4) is 0 Å². The van der Waals surface area contributed by atoms with Crippen LogP contribution in [-0.4, -0.2) is 46.1 Å². The molecule has 5 nitrogen and oxygen atoms in total. The summed E-state index contributed by atoms with van der Waals surface area (Å²) >= 11 is 0. The number of aliphatic hydroxyl groups is 1. The van der Waals surface area contributed by atoms with E-state index in [1.165, 1.54) is 16.7 Å². The first kappa shape index (κ1) is 17.8. The van der Waals surface area contributed by atoms with Crippen LogP contribution >= 0.6 is 0 Å². The Hall–Kier alpha value is -1.30. The molecule has 0 aromatic carbocycles. The van der Waals surface area contributed by atoms with Crippen molar-refractivity contribution in [2.24, 2.45) is 10.8 Å². The van der Waals surface area contributed by atoms with Gasteiger partial charge in [0.1, 0.15) is 11.2 Å². The quantitative estimate of drug-likeness (QED) is 0.416. The molecule has 2 fully saturated rings. The van der Waals surface area contributed by atoms with Crippen molar-refractivity contribution in [1.82, 2.24) is 4.90 Å². The lowest BCUT2D eigenvalue weighted by Gasteiger charge is -2.70. The lowest BCUT2D eigenvalue weighted by molar-refractivity contribution is -0.227. The monoisotopic (exact) mass is 373 g/mol. The van der Waals surface area contributed by atoms with Gasteiger partial charge in [0.25, 0.3) is 0 Å². The van der Waals surface area contributed by atoms with Gasteiger partial charge in [-0.3, -0.25) is 0 Å². The van der Waals surface area contributed by atoms with Crippen molar-refractivity contribution in [2.45, 2.75) is 77.5 Å². The van der Waals surface area contributed by atoms with E-state index in [1.807, 2.05) is 6.92 Å². The minimum Gasteiger partial charge on any atom is -0.479 e. The Morgan fingerprint density at radius 2 is 1.85 bits per heavy atom. The largest absolute Gasteiger partial charge is 0.479 e. The predicted octanol–water partition coefficient (Wildman–Crippen LogP) is 3.77. The molecule has 2 aliphatic heterocycles. The highest BCUT2D eigenvalue weighted by atomic mass is 17.1. The molecular formula is C22H31NO4. The summed E-state index contributed by atoms with van der Waals surface area (Å²) in [4.78, 5) is 7.29. The summed E-state index contributed by atoms with van der Waals surface area (Å²) in [6, 6.07) is 0.384. The van der Waals surface area contributed by atoms with E-state index in [0.29, 0.717) is 24.0 Å². The van der Waals surface area contributed by atoms with Crippen molar-refractivity contribution in [1.29, 1.82) is 0 Å². The van der Waals surface area contributed by atoms with Gasteiger partial charge in [0, 0.05) is 23.5 Å². The molecule has 5 rings (SSSR count). The van der Waals surface area contributed by atoms with Gasteiger partial charge in [-0.25, -0.2) is 5.26 Å². The maximum Gasteiger partial charge on any atom is 0.184 e. The fourth-order valence-electron chi connectivity index (χ4n) is 7.62. The lowest BCUT2D eigenvalue weighted by atomic mass is 9.37. The van der Waals surface area contributed by atoms with Crippen LogP contribution in [0.1, 0.15) is 60.3 Å². The Kier molecular flexibility index (Phi) is 3.17. The molecule has 2 saturated heterocycles. The van der Waals surface area contributed by atoms with Crippen LogP contribution in [0.3, 0.4) is 0 Å². The molecule has 0 aromatic heterocycles. The summed E-state index contributed by atoms with van der Waals surface area (Å²) in [5.41, 5.74) is 2.58. The average molecular weight is 373 g/mol. The first-order valence-electron chi connectivity index (χ1n) is 10.2. The number of rotatable bonds is 1. The maximum atomic E-state index is 11.8. The van der Waals surface area contributed by atoms with Gasteiger partial charge in [0.15, 0.2) is 11.5 Å². The van der Waals surface area contributed by atoms with E-state index in [4.69, 9.17) is 9.62 Å². The number of hydrogen-bond acceptors (Lipinski definition) is 5. The Morgan fingerprint density at radius 3 is 2.52 bits per heavy atom. The van der Waals surface area contributed by atoms with Crippen LogP contribution in [-0.2, 0) is 9.62 Å². The third kappa shape index (κ3) is 1.51. The fraction of sp³-hybridized carbons (Fsp3) is 0.727. The lowest BCUT2D eigenvalue weighted by Crippen LogP contribution is -2.75. The SMILES string of the molecule is CC1=C(C)[C@@]2(C)[C@H]3CC4=C5C(=C(OO)CC4)O[C@](C)([C@@]52CCN3C)[C@@]1(C)O. The Bertz CT molecular complexity index is 852. The summed E-state index contributed by atoms with van der Waals surface area (Å²) in [6.45, 7) is 11.6. The van der Waals surface area contributed by atoms with E-state index in [2.05, 4.69) is 39.6 Å². The van der Waals surface area contributed by atoms with Crippen LogP contribution in [0, 0.1) is 10.8 Å². The van der Waals surface area contributed by atoms with E-state index in [-0.39, 0.29) is 10.8 Å². The van der Waals surface area contributed by atoms with Gasteiger partial charge in [0.2, 0.25) is 0 Å². The number of piperidine rings is 1. The van der Waals surface area contributed by atoms with Crippen LogP contribution < -0.4 is 0 Å². The number of allylic oxidation sites excluding steroid dienone is 2. The summed E-state index contributed by atoms with van der Waals surface area (Å²) in [7, 11) is 2.23. The van der Waals surface area contributed by atoms with Gasteiger partial charge >= 0.3 is 0 Å². The van der Waals surface area contributed by atoms with Crippen LogP contribution in [0.25, 0.3) is 0 Å². The zero-order valence-corrected chi connectivity index (χ0v) is 17.3. The molecule has 5 atom stereocenters. The highest BCUT2D eigenvalue weighted by Gasteiger charge is 2.80. The van der Waals surface area contributed by atoms with Gasteiger partial charge in [-0.1, -0.05) is 18.1 Å². The molecule has 5 aliphatic rings. The summed E-state index contributed by atoms with van der Waals surface area (Å²) < 4.78 is 6.69. The molecule has 2 N–H and O–H groups in total. The van der Waals surface area contributed by atoms with Crippen LogP contribution in [0.4, 0.5) is 0 Å². The summed E-state index contributed by atoms with van der Waals surface area (Å²) in [5, 5.41) is 21.4. The van der Waals surface area contributed by atoms with Gasteiger partial charge in [-0.15, -0.1) is 0 Å². The standard InChI is InChI=1S/C22H31NO4/c1-12-13(2)20(4,24)21(5)22-9-10-23(6)16(19(12,22)3)11-14-7-8-15(27-25)18(26-21)17(14)22/h16,24-25H,7-11H2,1-6H3/t16-,19+,20+,21+,22+/m1/s1. The molecule has 0 radical (unpaired) electrons. The molecule has 2 heterocycles. The van der Waals surface area contributed by atoms with Crippen molar-refractivity contribution in [2.75, 3.05) is 13.6 Å². The molecule has 1 spiro atoms. The van der Waals surface area contributed by atoms with Gasteiger partial charge in [0.05, 0.1) is 5.41 Å². The summed E-state index contributed by atoms with van der Waals surface area (Å²) in [6.07, 6.45) is 3.48. The van der Waals surface area contributed by atoms with E-state index in [0.717, 1.165) is 31.4 Å². The highest BCUT2D eigenvalue weighted by Crippen LogP contribution is 2.77. The van der Waals surface area contributed by atoms with Crippen LogP contribution in [0.5, 0.6) is 0 Å². The number of likely N-dealkylation sites (tertiary alicyclic amines) is 1. The van der Waals surface area contributed by atoms with Crippen LogP contribution in [0.15, 0.2) is 33.8 Å². The Balaban J connectivity index is 1.95. The van der Waals surface area contributed by atoms with E-state index in [9.17, 15) is 10.4 Å². The smallest absolute Gasteiger partial charge is 0.184 e. The van der Waals surface area contributed by atoms with Crippen molar-refractivity contribution in [3.63, 3.8) is 0 Å². The topological polar surface area (TPSA) is 62.2 Å². The van der Waals surface area contributed by atoms with E-state index >= 15 is 0 Å². The third-order valence-corrected chi connectivity index (χ3v) is 9.51. The van der Waals surface area contributed by atoms with Gasteiger partial charge in [-0.2, -0.15) is 0 Å². The Morgan fingerprint density at radius 1 is 1.15 bits per heavy atom. The first-order valence-corrected chi connectivity index (χ1v) is 10.2. The minimum absolute atomic E-state index is 0.139. The minimum atomic E-state index is -1.10. The van der Waals surface area contributed by atoms with Gasteiger partial charge in [-0.05, 0) is 66.1 Å². The fourth-order valence-corrected chi connectivity index (χ4v) is 7.62. The molecular weight excluding hydrogens is 342 g/mol. The van der Waals surface area contributed by atoms with Crippen molar-refractivity contribution < 1.29 is 20.0 Å². The molecule has 148 valence electrons. The van der Waals surface area contributed by atoms with E-state index < -0.39 is 11.2 Å². The normalized spacial score (nSPS) is 48.7. The van der Waals surface area contributed by atoms with Crippen LogP contribution in [0.2, 0.25) is 0 Å². The molecule has 0 aromatic rings. The molecule has 0 amide bonds.